The lowest BCUT2D eigenvalue weighted by Crippen LogP contribution is -2.42. The molecule has 6 heteroatoms. The van der Waals surface area contributed by atoms with Gasteiger partial charge >= 0.3 is 5.97 Å². The van der Waals surface area contributed by atoms with Gasteiger partial charge in [-0.25, -0.2) is 0 Å². The van der Waals surface area contributed by atoms with Crippen LogP contribution in [0, 0.1) is 5.41 Å². The molecule has 0 aromatic heterocycles. The highest BCUT2D eigenvalue weighted by Crippen LogP contribution is 2.47. The van der Waals surface area contributed by atoms with Gasteiger partial charge in [0.15, 0.2) is 5.96 Å². The van der Waals surface area contributed by atoms with Crippen LogP contribution in [-0.2, 0) is 9.53 Å². The Morgan fingerprint density at radius 1 is 1.27 bits per heavy atom. The van der Waals surface area contributed by atoms with Crippen molar-refractivity contribution in [1.82, 2.24) is 10.2 Å². The van der Waals surface area contributed by atoms with Crippen molar-refractivity contribution in [3.8, 4) is 0 Å². The minimum absolute atomic E-state index is 0. The second kappa shape index (κ2) is 9.57. The molecule has 2 rings (SSSR count). The number of nitrogens with one attached hydrogen (secondary N) is 1. The average Bonchev–Trinajstić information content (AvgIpc) is 2.91. The van der Waals surface area contributed by atoms with E-state index >= 15 is 0 Å². The zero-order valence-corrected chi connectivity index (χ0v) is 16.2. The quantitative estimate of drug-likeness (QED) is 0.235. The van der Waals surface area contributed by atoms with Gasteiger partial charge in [0, 0.05) is 33.1 Å². The Bertz CT molecular complexity index is 384. The Morgan fingerprint density at radius 2 is 2.05 bits per heavy atom. The third-order valence-electron chi connectivity index (χ3n) is 4.93. The van der Waals surface area contributed by atoms with Crippen molar-refractivity contribution < 1.29 is 9.53 Å². The second-order valence-corrected chi connectivity index (χ2v) is 6.39. The van der Waals surface area contributed by atoms with Gasteiger partial charge in [0.2, 0.25) is 0 Å². The van der Waals surface area contributed by atoms with Crippen LogP contribution < -0.4 is 5.32 Å². The Morgan fingerprint density at radius 3 is 2.59 bits per heavy atom. The number of aliphatic imine (C=N–C) groups is 1. The summed E-state index contributed by atoms with van der Waals surface area (Å²) in [6, 6.07) is 0. The highest BCUT2D eigenvalue weighted by Gasteiger charge is 2.43. The van der Waals surface area contributed by atoms with E-state index in [1.54, 1.807) is 0 Å². The zero-order valence-electron chi connectivity index (χ0n) is 13.9. The Balaban J connectivity index is 0.00000242. The van der Waals surface area contributed by atoms with Gasteiger partial charge in [-0.05, 0) is 37.5 Å². The van der Waals surface area contributed by atoms with Crippen LogP contribution in [0.1, 0.15) is 51.4 Å². The summed E-state index contributed by atoms with van der Waals surface area (Å²) in [6.45, 7) is 3.24. The first-order valence-electron chi connectivity index (χ1n) is 8.21. The number of hydrogen-bond acceptors (Lipinski definition) is 3. The number of nitrogens with zero attached hydrogens (tertiary/aromatic N) is 2. The molecule has 1 N–H and O–H groups in total. The van der Waals surface area contributed by atoms with Crippen molar-refractivity contribution in [3.63, 3.8) is 0 Å². The van der Waals surface area contributed by atoms with Crippen molar-refractivity contribution in [1.29, 1.82) is 0 Å². The first-order valence-corrected chi connectivity index (χ1v) is 8.21. The van der Waals surface area contributed by atoms with Gasteiger partial charge in [0.1, 0.15) is 0 Å². The van der Waals surface area contributed by atoms with Gasteiger partial charge in [-0.2, -0.15) is 0 Å². The van der Waals surface area contributed by atoms with Crippen LogP contribution in [0.15, 0.2) is 4.99 Å². The highest BCUT2D eigenvalue weighted by molar-refractivity contribution is 14.0. The molecule has 0 amide bonds. The number of likely N-dealkylation sites (tertiary alicyclic amines) is 1. The molecule has 2 aliphatic rings. The lowest BCUT2D eigenvalue weighted by molar-refractivity contribution is -0.140. The highest BCUT2D eigenvalue weighted by atomic mass is 127. The molecule has 22 heavy (non-hydrogen) atoms. The maximum absolute atomic E-state index is 11.0. The summed E-state index contributed by atoms with van der Waals surface area (Å²) in [4.78, 5) is 17.8. The lowest BCUT2D eigenvalue weighted by atomic mass is 9.68. The maximum Gasteiger partial charge on any atom is 0.305 e. The van der Waals surface area contributed by atoms with Gasteiger partial charge < -0.3 is 15.0 Å². The van der Waals surface area contributed by atoms with E-state index in [4.69, 9.17) is 0 Å². The van der Waals surface area contributed by atoms with Crippen LogP contribution in [0.25, 0.3) is 0 Å². The summed E-state index contributed by atoms with van der Waals surface area (Å²) >= 11 is 0. The van der Waals surface area contributed by atoms with E-state index in [1.165, 1.54) is 39.3 Å². The van der Waals surface area contributed by atoms with Crippen LogP contribution in [-0.4, -0.2) is 50.6 Å². The van der Waals surface area contributed by atoms with Crippen molar-refractivity contribution in [2.24, 2.45) is 10.4 Å². The summed E-state index contributed by atoms with van der Waals surface area (Å²) in [6.07, 6.45) is 9.06. The second-order valence-electron chi connectivity index (χ2n) is 6.39. The van der Waals surface area contributed by atoms with Crippen molar-refractivity contribution in [3.05, 3.63) is 0 Å². The van der Waals surface area contributed by atoms with Crippen LogP contribution in [0.3, 0.4) is 0 Å². The molecule has 128 valence electrons. The van der Waals surface area contributed by atoms with Crippen LogP contribution >= 0.6 is 24.0 Å². The summed E-state index contributed by atoms with van der Waals surface area (Å²) in [7, 11) is 3.31. The molecule has 1 saturated heterocycles. The summed E-state index contributed by atoms with van der Waals surface area (Å²) in [5.74, 6) is 0.938. The molecule has 1 aliphatic heterocycles. The molecule has 0 radical (unpaired) electrons. The number of ether oxygens (including phenoxy) is 1. The molecule has 0 aromatic carbocycles. The van der Waals surface area contributed by atoms with Gasteiger partial charge in [0.25, 0.3) is 0 Å². The van der Waals surface area contributed by atoms with E-state index in [2.05, 4.69) is 19.9 Å². The third-order valence-corrected chi connectivity index (χ3v) is 4.93. The SMILES string of the molecule is CN=C(NCCCCCC(=O)OC)N1CCC2(CCC2)C1.I. The third kappa shape index (κ3) is 5.28. The molecule has 0 unspecified atom stereocenters. The fourth-order valence-corrected chi connectivity index (χ4v) is 3.41. The Labute approximate surface area is 151 Å². The monoisotopic (exact) mass is 423 g/mol. The minimum atomic E-state index is -0.110. The van der Waals surface area contributed by atoms with E-state index in [-0.39, 0.29) is 29.9 Å². The number of carbonyl (C=O) groups is 1. The van der Waals surface area contributed by atoms with Crippen LogP contribution in [0.2, 0.25) is 0 Å². The fourth-order valence-electron chi connectivity index (χ4n) is 3.41. The lowest BCUT2D eigenvalue weighted by Gasteiger charge is -2.38. The molecule has 1 saturated carbocycles. The normalized spacial score (nSPS) is 19.5. The first kappa shape index (κ1) is 19.5. The standard InChI is InChI=1S/C16H29N3O2.HI/c1-17-15(18-11-5-3-4-7-14(20)21-2)19-12-10-16(13-19)8-6-9-16;/h3-13H2,1-2H3,(H,17,18);1H. The molecule has 1 spiro atoms. The van der Waals surface area contributed by atoms with Gasteiger partial charge in [0.05, 0.1) is 7.11 Å². The predicted octanol–water partition coefficient (Wildman–Crippen LogP) is 2.79. The Hall–Kier alpha value is -0.530. The van der Waals surface area contributed by atoms with E-state index in [0.717, 1.165) is 38.3 Å². The number of unbranched alkanes of at least 4 members (excludes halogenated alkanes) is 2. The van der Waals surface area contributed by atoms with Gasteiger partial charge in [-0.3, -0.25) is 9.79 Å². The van der Waals surface area contributed by atoms with Gasteiger partial charge in [-0.15, -0.1) is 24.0 Å². The molecule has 0 atom stereocenters. The largest absolute Gasteiger partial charge is 0.469 e. The van der Waals surface area contributed by atoms with Crippen molar-refractivity contribution in [2.45, 2.75) is 51.4 Å². The number of halogens is 1. The number of esters is 1. The zero-order chi connectivity index (χ0) is 15.1. The molecule has 0 aromatic rings. The van der Waals surface area contributed by atoms with Crippen LogP contribution in [0.5, 0.6) is 0 Å². The van der Waals surface area contributed by atoms with Gasteiger partial charge in [-0.1, -0.05) is 12.8 Å². The molecule has 1 aliphatic carbocycles. The maximum atomic E-state index is 11.0. The van der Waals surface area contributed by atoms with E-state index < -0.39 is 0 Å². The summed E-state index contributed by atoms with van der Waals surface area (Å²) in [5.41, 5.74) is 0.609. The average molecular weight is 423 g/mol. The number of methoxy groups -OCH3 is 1. The smallest absolute Gasteiger partial charge is 0.305 e. The minimum Gasteiger partial charge on any atom is -0.469 e. The molecule has 0 bridgehead atoms. The number of carbonyl (C=O) groups excluding carboxylic acids is 1. The van der Waals surface area contributed by atoms with Crippen molar-refractivity contribution >= 4 is 35.9 Å². The number of guanidine groups is 1. The number of rotatable bonds is 6. The summed E-state index contributed by atoms with van der Waals surface area (Å²) < 4.78 is 4.64. The van der Waals surface area contributed by atoms with E-state index in [1.807, 2.05) is 7.05 Å². The summed E-state index contributed by atoms with van der Waals surface area (Å²) in [5, 5.41) is 3.46. The topological polar surface area (TPSA) is 53.9 Å². The fraction of sp³-hybridized carbons (Fsp3) is 0.875. The predicted molar refractivity (Wildman–Crippen MR) is 99.7 cm³/mol. The molecule has 5 nitrogen and oxygen atoms in total. The molecular weight excluding hydrogens is 393 g/mol. The number of hydrogen-bond donors (Lipinski definition) is 1. The van der Waals surface area contributed by atoms with E-state index in [9.17, 15) is 4.79 Å². The van der Waals surface area contributed by atoms with Crippen molar-refractivity contribution in [2.75, 3.05) is 33.8 Å². The van der Waals surface area contributed by atoms with Crippen LogP contribution in [0.4, 0.5) is 0 Å². The van der Waals surface area contributed by atoms with E-state index in [0.29, 0.717) is 11.8 Å². The Kier molecular flexibility index (Phi) is 8.49. The molecular formula is C16H30IN3O2. The first-order chi connectivity index (χ1) is 10.2. The molecule has 2 fully saturated rings. The molecule has 1 heterocycles.